The lowest BCUT2D eigenvalue weighted by Gasteiger charge is -2.17. The van der Waals surface area contributed by atoms with Crippen molar-refractivity contribution in [2.24, 2.45) is 0 Å². The number of nitrogens with zero attached hydrogens (tertiary/aromatic N) is 3. The van der Waals surface area contributed by atoms with Crippen LogP contribution in [0.5, 0.6) is 0 Å². The molecular formula is C19H23N5O. The summed E-state index contributed by atoms with van der Waals surface area (Å²) < 4.78 is 5.08. The Kier molecular flexibility index (Phi) is 4.70. The molecule has 0 atom stereocenters. The van der Waals surface area contributed by atoms with Gasteiger partial charge in [-0.15, -0.1) is 0 Å². The van der Waals surface area contributed by atoms with Gasteiger partial charge in [0.15, 0.2) is 5.82 Å². The minimum Gasteiger partial charge on any atom is -0.360 e. The molecule has 0 radical (unpaired) electrons. The average molecular weight is 337 g/mol. The number of aryl methyl sites for hydroxylation is 3. The lowest BCUT2D eigenvalue weighted by molar-refractivity contribution is 0.400. The van der Waals surface area contributed by atoms with Crippen LogP contribution in [0.3, 0.4) is 0 Å². The molecule has 0 fully saturated rings. The van der Waals surface area contributed by atoms with Crippen LogP contribution < -0.4 is 10.6 Å². The third-order valence-corrected chi connectivity index (χ3v) is 3.90. The van der Waals surface area contributed by atoms with E-state index in [4.69, 9.17) is 4.52 Å². The van der Waals surface area contributed by atoms with Crippen molar-refractivity contribution in [3.8, 4) is 0 Å². The Hall–Kier alpha value is -2.89. The zero-order valence-corrected chi connectivity index (χ0v) is 15.2. The van der Waals surface area contributed by atoms with E-state index in [9.17, 15) is 0 Å². The van der Waals surface area contributed by atoms with E-state index in [1.807, 2.05) is 26.0 Å². The molecule has 6 nitrogen and oxygen atoms in total. The first kappa shape index (κ1) is 17.0. The number of nitrogens with one attached hydrogen (secondary N) is 2. The smallest absolute Gasteiger partial charge is 0.175 e. The van der Waals surface area contributed by atoms with Crippen LogP contribution in [0.15, 0.2) is 34.9 Å². The van der Waals surface area contributed by atoms with Crippen molar-refractivity contribution in [3.05, 3.63) is 53.0 Å². The van der Waals surface area contributed by atoms with E-state index in [1.165, 1.54) is 11.1 Å². The molecule has 3 aromatic rings. The summed E-state index contributed by atoms with van der Waals surface area (Å²) in [5, 5.41) is 10.5. The molecule has 25 heavy (non-hydrogen) atoms. The van der Waals surface area contributed by atoms with E-state index in [2.05, 4.69) is 64.7 Å². The first-order valence-electron chi connectivity index (χ1n) is 8.35. The highest BCUT2D eigenvalue weighted by Crippen LogP contribution is 2.30. The summed E-state index contributed by atoms with van der Waals surface area (Å²) in [6, 6.07) is 10.0. The molecule has 0 aliphatic rings. The standard InChI is InChI=1S/C19H23N5O/c1-11(2)15-8-6-7-12(3)19(15)23-17-10-16(20-14(5)21-17)22-18-9-13(4)25-24-18/h6-11H,1-5H3,(H2,20,21,22,23,24). The Bertz CT molecular complexity index is 885. The lowest BCUT2D eigenvalue weighted by atomic mass is 9.98. The number of benzene rings is 1. The first-order valence-corrected chi connectivity index (χ1v) is 8.35. The Morgan fingerprint density at radius 1 is 0.920 bits per heavy atom. The van der Waals surface area contributed by atoms with E-state index in [-0.39, 0.29) is 0 Å². The van der Waals surface area contributed by atoms with E-state index in [0.29, 0.717) is 23.4 Å². The van der Waals surface area contributed by atoms with Gasteiger partial charge in [-0.05, 0) is 37.8 Å². The number of para-hydroxylation sites is 1. The summed E-state index contributed by atoms with van der Waals surface area (Å²) in [5.41, 5.74) is 3.54. The molecular weight excluding hydrogens is 314 g/mol. The molecule has 3 rings (SSSR count). The minimum absolute atomic E-state index is 0.418. The quantitative estimate of drug-likeness (QED) is 0.682. The number of aromatic nitrogens is 3. The monoisotopic (exact) mass is 337 g/mol. The average Bonchev–Trinajstić information content (AvgIpc) is 2.93. The van der Waals surface area contributed by atoms with Crippen molar-refractivity contribution in [1.29, 1.82) is 0 Å². The predicted molar refractivity (Wildman–Crippen MR) is 99.8 cm³/mol. The van der Waals surface area contributed by atoms with Crippen LogP contribution in [0.25, 0.3) is 0 Å². The fourth-order valence-corrected chi connectivity index (χ4v) is 2.72. The van der Waals surface area contributed by atoms with Gasteiger partial charge in [0.2, 0.25) is 0 Å². The van der Waals surface area contributed by atoms with Crippen LogP contribution in [-0.4, -0.2) is 15.1 Å². The second-order valence-corrected chi connectivity index (χ2v) is 6.45. The van der Waals surface area contributed by atoms with Gasteiger partial charge in [-0.2, -0.15) is 0 Å². The summed E-state index contributed by atoms with van der Waals surface area (Å²) in [6.45, 7) is 10.2. The van der Waals surface area contributed by atoms with Crippen molar-refractivity contribution >= 4 is 23.1 Å². The van der Waals surface area contributed by atoms with Crippen LogP contribution in [0.2, 0.25) is 0 Å². The van der Waals surface area contributed by atoms with Gasteiger partial charge in [-0.25, -0.2) is 9.97 Å². The second kappa shape index (κ2) is 6.93. The fourth-order valence-electron chi connectivity index (χ4n) is 2.72. The zero-order chi connectivity index (χ0) is 18.0. The molecule has 0 saturated carbocycles. The maximum atomic E-state index is 5.08. The Morgan fingerprint density at radius 2 is 1.64 bits per heavy atom. The maximum absolute atomic E-state index is 5.08. The van der Waals surface area contributed by atoms with Crippen LogP contribution in [0.1, 0.15) is 42.5 Å². The number of hydrogen-bond acceptors (Lipinski definition) is 6. The van der Waals surface area contributed by atoms with Crippen molar-refractivity contribution in [3.63, 3.8) is 0 Å². The molecule has 0 aliphatic heterocycles. The normalized spacial score (nSPS) is 11.0. The van der Waals surface area contributed by atoms with Gasteiger partial charge in [-0.3, -0.25) is 0 Å². The van der Waals surface area contributed by atoms with Crippen LogP contribution in [0.4, 0.5) is 23.1 Å². The summed E-state index contributed by atoms with van der Waals surface area (Å²) >= 11 is 0. The van der Waals surface area contributed by atoms with E-state index in [1.54, 1.807) is 0 Å². The summed E-state index contributed by atoms with van der Waals surface area (Å²) in [5.74, 6) is 3.87. The third kappa shape index (κ3) is 3.96. The molecule has 0 saturated heterocycles. The molecule has 0 aliphatic carbocycles. The highest BCUT2D eigenvalue weighted by Gasteiger charge is 2.11. The van der Waals surface area contributed by atoms with Gasteiger partial charge in [0, 0.05) is 17.8 Å². The predicted octanol–water partition coefficient (Wildman–Crippen LogP) is 5.00. The summed E-state index contributed by atoms with van der Waals surface area (Å²) in [6.07, 6.45) is 0. The summed E-state index contributed by atoms with van der Waals surface area (Å²) in [4.78, 5) is 8.93. The molecule has 2 N–H and O–H groups in total. The van der Waals surface area contributed by atoms with Gasteiger partial charge in [0.1, 0.15) is 23.2 Å². The molecule has 2 aromatic heterocycles. The third-order valence-electron chi connectivity index (χ3n) is 3.90. The van der Waals surface area contributed by atoms with Gasteiger partial charge >= 0.3 is 0 Å². The van der Waals surface area contributed by atoms with E-state index in [0.717, 1.165) is 17.3 Å². The second-order valence-electron chi connectivity index (χ2n) is 6.45. The van der Waals surface area contributed by atoms with Crippen molar-refractivity contribution in [1.82, 2.24) is 15.1 Å². The van der Waals surface area contributed by atoms with E-state index < -0.39 is 0 Å². The van der Waals surface area contributed by atoms with E-state index >= 15 is 0 Å². The Balaban J connectivity index is 1.91. The van der Waals surface area contributed by atoms with Crippen molar-refractivity contribution in [2.45, 2.75) is 40.5 Å². The Labute approximate surface area is 147 Å². The van der Waals surface area contributed by atoms with Crippen LogP contribution in [0, 0.1) is 20.8 Å². The molecule has 130 valence electrons. The topological polar surface area (TPSA) is 75.9 Å². The molecule has 0 spiro atoms. The Morgan fingerprint density at radius 3 is 2.28 bits per heavy atom. The number of anilines is 4. The number of hydrogen-bond donors (Lipinski definition) is 2. The largest absolute Gasteiger partial charge is 0.360 e. The van der Waals surface area contributed by atoms with Crippen molar-refractivity contribution < 1.29 is 4.52 Å². The lowest BCUT2D eigenvalue weighted by Crippen LogP contribution is -2.05. The summed E-state index contributed by atoms with van der Waals surface area (Å²) in [7, 11) is 0. The maximum Gasteiger partial charge on any atom is 0.175 e. The van der Waals surface area contributed by atoms with Gasteiger partial charge in [-0.1, -0.05) is 37.2 Å². The first-order chi connectivity index (χ1) is 11.9. The van der Waals surface area contributed by atoms with Gasteiger partial charge in [0.05, 0.1) is 0 Å². The number of rotatable bonds is 5. The molecule has 0 amide bonds. The minimum atomic E-state index is 0.418. The molecule has 0 bridgehead atoms. The SMILES string of the molecule is Cc1nc(Nc2cc(C)on2)cc(Nc2c(C)cccc2C(C)C)n1. The highest BCUT2D eigenvalue weighted by molar-refractivity contribution is 5.67. The van der Waals surface area contributed by atoms with Crippen molar-refractivity contribution in [2.75, 3.05) is 10.6 Å². The van der Waals surface area contributed by atoms with Gasteiger partial charge in [0.25, 0.3) is 0 Å². The van der Waals surface area contributed by atoms with Gasteiger partial charge < -0.3 is 15.2 Å². The van der Waals surface area contributed by atoms with Crippen LogP contribution >= 0.6 is 0 Å². The zero-order valence-electron chi connectivity index (χ0n) is 15.2. The molecule has 0 unspecified atom stereocenters. The fraction of sp³-hybridized carbons (Fsp3) is 0.316. The molecule has 1 aromatic carbocycles. The molecule has 6 heteroatoms. The molecule has 2 heterocycles. The highest BCUT2D eigenvalue weighted by atomic mass is 16.5. The van der Waals surface area contributed by atoms with Crippen LogP contribution in [-0.2, 0) is 0 Å².